The van der Waals surface area contributed by atoms with Gasteiger partial charge in [0.25, 0.3) is 0 Å². The SMILES string of the molecule is O=C(C1C2C3C=CC(C4C(=O)N(Cc5ccccc5)C(=O)C34)C12)N1CCC(Cc2ccccc2)C1. The van der Waals surface area contributed by atoms with E-state index in [9.17, 15) is 14.4 Å². The molecule has 0 N–H and O–H groups in total. The lowest BCUT2D eigenvalue weighted by molar-refractivity contribution is -0.141. The Morgan fingerprint density at radius 2 is 1.37 bits per heavy atom. The highest BCUT2D eigenvalue weighted by Gasteiger charge is 2.73. The number of benzene rings is 2. The van der Waals surface area contributed by atoms with Crippen LogP contribution in [0.4, 0.5) is 0 Å². The minimum Gasteiger partial charge on any atom is -0.342 e. The van der Waals surface area contributed by atoms with Crippen LogP contribution in [-0.2, 0) is 27.3 Å². The Morgan fingerprint density at radius 3 is 1.97 bits per heavy atom. The highest BCUT2D eigenvalue weighted by Crippen LogP contribution is 2.69. The molecular formula is C30H30N2O3. The maximum atomic E-state index is 13.6. The average Bonchev–Trinajstić information content (AvgIpc) is 3.42. The largest absolute Gasteiger partial charge is 0.342 e. The fourth-order valence-corrected chi connectivity index (χ4v) is 7.78. The number of carbonyl (C=O) groups is 3. The number of amides is 3. The lowest BCUT2D eigenvalue weighted by Gasteiger charge is -2.37. The number of carbonyl (C=O) groups excluding carboxylic acids is 3. The summed E-state index contributed by atoms with van der Waals surface area (Å²) in [6.07, 6.45) is 6.36. The first kappa shape index (κ1) is 21.1. The fraction of sp³-hybridized carbons (Fsp3) is 0.433. The Morgan fingerprint density at radius 1 is 0.800 bits per heavy atom. The third kappa shape index (κ3) is 3.24. The fourth-order valence-electron chi connectivity index (χ4n) is 7.78. The molecule has 5 nitrogen and oxygen atoms in total. The van der Waals surface area contributed by atoms with Gasteiger partial charge in [0.05, 0.1) is 18.4 Å². The van der Waals surface area contributed by atoms with Crippen LogP contribution >= 0.6 is 0 Å². The van der Waals surface area contributed by atoms with Crippen molar-refractivity contribution < 1.29 is 14.4 Å². The number of imide groups is 1. The van der Waals surface area contributed by atoms with Gasteiger partial charge in [0.15, 0.2) is 0 Å². The predicted molar refractivity (Wildman–Crippen MR) is 130 cm³/mol. The quantitative estimate of drug-likeness (QED) is 0.500. The second-order valence-corrected chi connectivity index (χ2v) is 11.1. The van der Waals surface area contributed by atoms with Crippen molar-refractivity contribution in [3.63, 3.8) is 0 Å². The summed E-state index contributed by atoms with van der Waals surface area (Å²) >= 11 is 0. The van der Waals surface area contributed by atoms with E-state index in [-0.39, 0.29) is 59.1 Å². The van der Waals surface area contributed by atoms with Crippen LogP contribution < -0.4 is 0 Å². The van der Waals surface area contributed by atoms with Crippen molar-refractivity contribution in [3.8, 4) is 0 Å². The maximum absolute atomic E-state index is 13.6. The summed E-state index contributed by atoms with van der Waals surface area (Å²) in [5.74, 6) is 0.570. The van der Waals surface area contributed by atoms with Crippen LogP contribution in [0.2, 0.25) is 0 Å². The van der Waals surface area contributed by atoms with Gasteiger partial charge < -0.3 is 4.90 Å². The first-order valence-electron chi connectivity index (χ1n) is 13.0. The monoisotopic (exact) mass is 466 g/mol. The Hall–Kier alpha value is -3.21. The summed E-state index contributed by atoms with van der Waals surface area (Å²) < 4.78 is 0. The zero-order valence-electron chi connectivity index (χ0n) is 19.7. The van der Waals surface area contributed by atoms with Crippen LogP contribution in [0.3, 0.4) is 0 Å². The van der Waals surface area contributed by atoms with Crippen LogP contribution in [-0.4, -0.2) is 40.6 Å². The Bertz CT molecular complexity index is 1170. The lowest BCUT2D eigenvalue weighted by atomic mass is 9.63. The number of hydrogen-bond donors (Lipinski definition) is 0. The van der Waals surface area contributed by atoms with Gasteiger partial charge >= 0.3 is 0 Å². The summed E-state index contributed by atoms with van der Waals surface area (Å²) in [5.41, 5.74) is 2.31. The molecule has 7 unspecified atom stereocenters. The summed E-state index contributed by atoms with van der Waals surface area (Å²) in [5, 5.41) is 0. The highest BCUT2D eigenvalue weighted by molar-refractivity contribution is 6.06. The average molecular weight is 467 g/mol. The van der Waals surface area contributed by atoms with Crippen molar-refractivity contribution in [1.82, 2.24) is 9.80 Å². The van der Waals surface area contributed by atoms with Crippen molar-refractivity contribution in [3.05, 3.63) is 83.9 Å². The maximum Gasteiger partial charge on any atom is 0.234 e. The van der Waals surface area contributed by atoms with Crippen LogP contribution in [0.25, 0.3) is 0 Å². The second-order valence-electron chi connectivity index (χ2n) is 11.1. The molecule has 8 rings (SSSR count). The molecule has 4 aliphatic carbocycles. The molecule has 35 heavy (non-hydrogen) atoms. The Kier molecular flexibility index (Phi) is 4.77. The van der Waals surface area contributed by atoms with Crippen molar-refractivity contribution in [2.24, 2.45) is 47.3 Å². The molecule has 0 spiro atoms. The number of rotatable bonds is 5. The minimum atomic E-state index is -0.287. The van der Waals surface area contributed by atoms with E-state index in [0.29, 0.717) is 12.5 Å². The van der Waals surface area contributed by atoms with Gasteiger partial charge in [0, 0.05) is 19.0 Å². The van der Waals surface area contributed by atoms with E-state index >= 15 is 0 Å². The molecule has 0 aromatic heterocycles. The number of allylic oxidation sites excluding steroid dienone is 2. The normalized spacial score (nSPS) is 36.5. The summed E-state index contributed by atoms with van der Waals surface area (Å²) in [6.45, 7) is 1.99. The number of hydrogen-bond acceptors (Lipinski definition) is 3. The molecule has 3 amide bonds. The van der Waals surface area contributed by atoms with E-state index in [2.05, 4.69) is 41.3 Å². The van der Waals surface area contributed by atoms with Gasteiger partial charge in [-0.25, -0.2) is 0 Å². The molecule has 2 aromatic rings. The highest BCUT2D eigenvalue weighted by atomic mass is 16.2. The Balaban J connectivity index is 1.05. The van der Waals surface area contributed by atoms with Crippen molar-refractivity contribution >= 4 is 17.7 Å². The molecule has 7 atom stereocenters. The van der Waals surface area contributed by atoms with Gasteiger partial charge in [-0.3, -0.25) is 19.3 Å². The van der Waals surface area contributed by atoms with Gasteiger partial charge in [-0.05, 0) is 53.6 Å². The molecular weight excluding hydrogens is 436 g/mol. The van der Waals surface area contributed by atoms with Gasteiger partial charge in [0.2, 0.25) is 17.7 Å². The summed E-state index contributed by atoms with van der Waals surface area (Å²) in [6, 6.07) is 20.3. The second kappa shape index (κ2) is 7.91. The molecule has 0 radical (unpaired) electrons. The van der Waals surface area contributed by atoms with Crippen LogP contribution in [0.15, 0.2) is 72.8 Å². The van der Waals surface area contributed by atoms with Gasteiger partial charge in [-0.15, -0.1) is 0 Å². The molecule has 5 heteroatoms. The zero-order valence-corrected chi connectivity index (χ0v) is 19.7. The third-order valence-corrected chi connectivity index (χ3v) is 9.33. The standard InChI is InChI=1S/C30H30N2O3/c33-28(31-14-13-20(16-31)15-18-7-3-1-4-8-18)27-23-21-11-12-22(24(23)27)26-25(21)29(34)32(30(26)35)17-19-9-5-2-6-10-19/h1-12,20-27H,13-17H2. The molecule has 2 saturated heterocycles. The molecule has 178 valence electrons. The molecule has 2 bridgehead atoms. The molecule has 4 fully saturated rings. The third-order valence-electron chi connectivity index (χ3n) is 9.33. The molecule has 2 saturated carbocycles. The molecule has 2 heterocycles. The topological polar surface area (TPSA) is 57.7 Å². The Labute approximate surface area is 205 Å². The van der Waals surface area contributed by atoms with Gasteiger partial charge in [-0.1, -0.05) is 72.8 Å². The van der Waals surface area contributed by atoms with Crippen molar-refractivity contribution in [1.29, 1.82) is 0 Å². The number of likely N-dealkylation sites (tertiary alicyclic amines) is 2. The minimum absolute atomic E-state index is 0.0175. The van der Waals surface area contributed by atoms with Gasteiger partial charge in [0.1, 0.15) is 0 Å². The zero-order chi connectivity index (χ0) is 23.7. The first-order valence-corrected chi connectivity index (χ1v) is 13.0. The van der Waals surface area contributed by atoms with E-state index in [4.69, 9.17) is 0 Å². The van der Waals surface area contributed by atoms with E-state index < -0.39 is 0 Å². The van der Waals surface area contributed by atoms with Crippen LogP contribution in [0.5, 0.6) is 0 Å². The van der Waals surface area contributed by atoms with Crippen LogP contribution in [0, 0.1) is 47.3 Å². The van der Waals surface area contributed by atoms with Crippen molar-refractivity contribution in [2.45, 2.75) is 19.4 Å². The van der Waals surface area contributed by atoms with Crippen LogP contribution in [0.1, 0.15) is 17.5 Å². The number of nitrogens with zero attached hydrogens (tertiary/aromatic N) is 2. The van der Waals surface area contributed by atoms with E-state index in [1.54, 1.807) is 0 Å². The summed E-state index contributed by atoms with van der Waals surface area (Å²) in [7, 11) is 0. The van der Waals surface area contributed by atoms with E-state index in [1.165, 1.54) is 10.5 Å². The van der Waals surface area contributed by atoms with Crippen molar-refractivity contribution in [2.75, 3.05) is 13.1 Å². The smallest absolute Gasteiger partial charge is 0.234 e. The first-order chi connectivity index (χ1) is 17.1. The lowest BCUT2D eigenvalue weighted by Crippen LogP contribution is -2.40. The summed E-state index contributed by atoms with van der Waals surface area (Å²) in [4.78, 5) is 44.0. The van der Waals surface area contributed by atoms with Gasteiger partial charge in [-0.2, -0.15) is 0 Å². The van der Waals surface area contributed by atoms with E-state index in [0.717, 1.165) is 31.5 Å². The molecule has 2 aromatic carbocycles. The van der Waals surface area contributed by atoms with E-state index in [1.807, 2.05) is 36.4 Å². The molecule has 2 aliphatic heterocycles. The predicted octanol–water partition coefficient (Wildman–Crippen LogP) is 3.56. The molecule has 6 aliphatic rings.